The fraction of sp³-hybridized carbons (Fsp3) is 1.00. The lowest BCUT2D eigenvalue weighted by Crippen LogP contribution is -1.94. The van der Waals surface area contributed by atoms with E-state index in [0.717, 1.165) is 11.7 Å². The van der Waals surface area contributed by atoms with E-state index in [9.17, 15) is 0 Å². The van der Waals surface area contributed by atoms with E-state index < -0.39 is 0 Å². The molecule has 0 bridgehead atoms. The van der Waals surface area contributed by atoms with Crippen LogP contribution in [0.4, 0.5) is 0 Å². The molecule has 0 heterocycles. The van der Waals surface area contributed by atoms with Crippen LogP contribution in [-0.4, -0.2) is 5.75 Å². The summed E-state index contributed by atoms with van der Waals surface area (Å²) in [7, 11) is 0. The van der Waals surface area contributed by atoms with Gasteiger partial charge in [-0.25, -0.2) is 0 Å². The maximum atomic E-state index is 4.19. The third kappa shape index (κ3) is 8.25. The van der Waals surface area contributed by atoms with Crippen molar-refractivity contribution in [1.82, 2.24) is 0 Å². The molecular formula is C10H22S. The van der Waals surface area contributed by atoms with E-state index in [2.05, 4.69) is 26.5 Å². The minimum atomic E-state index is 0.940. The second-order valence-electron chi connectivity index (χ2n) is 3.47. The van der Waals surface area contributed by atoms with Crippen molar-refractivity contribution in [1.29, 1.82) is 0 Å². The molecule has 0 unspecified atom stereocenters. The molecule has 0 aromatic heterocycles. The predicted octanol–water partition coefficient (Wildman–Crippen LogP) is 3.91. The van der Waals surface area contributed by atoms with Gasteiger partial charge in [0.1, 0.15) is 0 Å². The Morgan fingerprint density at radius 2 is 1.73 bits per heavy atom. The zero-order chi connectivity index (χ0) is 8.53. The van der Waals surface area contributed by atoms with Gasteiger partial charge in [0.05, 0.1) is 0 Å². The summed E-state index contributed by atoms with van der Waals surface area (Å²) in [4.78, 5) is 0. The smallest absolute Gasteiger partial charge is 0.00979 e. The van der Waals surface area contributed by atoms with Crippen LogP contribution in [0.2, 0.25) is 0 Å². The lowest BCUT2D eigenvalue weighted by Gasteiger charge is -2.08. The zero-order valence-corrected chi connectivity index (χ0v) is 8.87. The van der Waals surface area contributed by atoms with Gasteiger partial charge in [-0.3, -0.25) is 0 Å². The van der Waals surface area contributed by atoms with Gasteiger partial charge in [-0.15, -0.1) is 0 Å². The normalized spacial score (nSPS) is 13.4. The highest BCUT2D eigenvalue weighted by Gasteiger charge is 1.99. The Morgan fingerprint density at radius 3 is 2.27 bits per heavy atom. The van der Waals surface area contributed by atoms with Crippen molar-refractivity contribution < 1.29 is 0 Å². The molecule has 1 atom stereocenters. The van der Waals surface area contributed by atoms with Crippen LogP contribution in [-0.2, 0) is 0 Å². The van der Waals surface area contributed by atoms with Crippen molar-refractivity contribution in [3.63, 3.8) is 0 Å². The Morgan fingerprint density at radius 1 is 1.09 bits per heavy atom. The number of hydrogen-bond donors (Lipinski definition) is 1. The van der Waals surface area contributed by atoms with Crippen LogP contribution in [0.1, 0.15) is 52.4 Å². The Hall–Kier alpha value is 0.350. The standard InChI is InChI=1S/C10H22S/c1-3-4-7-10(2)8-5-6-9-11/h10-11H,3-9H2,1-2H3/t10-/m0/s1. The first-order chi connectivity index (χ1) is 5.31. The van der Waals surface area contributed by atoms with Crippen LogP contribution in [0.25, 0.3) is 0 Å². The zero-order valence-electron chi connectivity index (χ0n) is 7.97. The van der Waals surface area contributed by atoms with Crippen LogP contribution in [0.3, 0.4) is 0 Å². The molecule has 0 saturated heterocycles. The van der Waals surface area contributed by atoms with Gasteiger partial charge < -0.3 is 0 Å². The molecule has 0 aliphatic heterocycles. The van der Waals surface area contributed by atoms with E-state index in [1.165, 1.54) is 38.5 Å². The van der Waals surface area contributed by atoms with Gasteiger partial charge >= 0.3 is 0 Å². The molecule has 0 aliphatic rings. The summed E-state index contributed by atoms with van der Waals surface area (Å²) < 4.78 is 0. The molecule has 0 nitrogen and oxygen atoms in total. The third-order valence-electron chi connectivity index (χ3n) is 2.16. The highest BCUT2D eigenvalue weighted by atomic mass is 32.1. The average Bonchev–Trinajstić information content (AvgIpc) is 2.01. The predicted molar refractivity (Wildman–Crippen MR) is 56.4 cm³/mol. The quantitative estimate of drug-likeness (QED) is 0.439. The molecule has 0 amide bonds. The highest BCUT2D eigenvalue weighted by Crippen LogP contribution is 2.14. The Labute approximate surface area is 77.2 Å². The van der Waals surface area contributed by atoms with Crippen molar-refractivity contribution in [2.75, 3.05) is 5.75 Å². The van der Waals surface area contributed by atoms with Crippen LogP contribution in [0.15, 0.2) is 0 Å². The Balaban J connectivity index is 3.02. The molecule has 11 heavy (non-hydrogen) atoms. The average molecular weight is 174 g/mol. The summed E-state index contributed by atoms with van der Waals surface area (Å²) in [6.45, 7) is 4.63. The van der Waals surface area contributed by atoms with E-state index in [-0.39, 0.29) is 0 Å². The highest BCUT2D eigenvalue weighted by molar-refractivity contribution is 7.80. The first-order valence-electron chi connectivity index (χ1n) is 4.92. The molecule has 1 heteroatoms. The fourth-order valence-corrected chi connectivity index (χ4v) is 1.53. The topological polar surface area (TPSA) is 0 Å². The first-order valence-corrected chi connectivity index (χ1v) is 5.55. The van der Waals surface area contributed by atoms with Crippen molar-refractivity contribution in [2.24, 2.45) is 5.92 Å². The number of hydrogen-bond acceptors (Lipinski definition) is 1. The molecule has 0 aliphatic carbocycles. The van der Waals surface area contributed by atoms with E-state index in [4.69, 9.17) is 0 Å². The molecule has 0 aromatic carbocycles. The minimum absolute atomic E-state index is 0.940. The van der Waals surface area contributed by atoms with Crippen molar-refractivity contribution >= 4 is 12.6 Å². The molecule has 68 valence electrons. The summed E-state index contributed by atoms with van der Waals surface area (Å²) in [5, 5.41) is 0. The second-order valence-corrected chi connectivity index (χ2v) is 3.91. The van der Waals surface area contributed by atoms with E-state index in [1.54, 1.807) is 0 Å². The van der Waals surface area contributed by atoms with Crippen LogP contribution < -0.4 is 0 Å². The monoisotopic (exact) mass is 174 g/mol. The summed E-state index contributed by atoms with van der Waals surface area (Å²) in [6.07, 6.45) is 8.23. The first kappa shape index (κ1) is 11.4. The van der Waals surface area contributed by atoms with E-state index in [1.807, 2.05) is 0 Å². The molecule has 0 radical (unpaired) electrons. The van der Waals surface area contributed by atoms with Crippen LogP contribution in [0, 0.1) is 5.92 Å². The van der Waals surface area contributed by atoms with Gasteiger partial charge in [0.2, 0.25) is 0 Å². The number of thiol groups is 1. The summed E-state index contributed by atoms with van der Waals surface area (Å²) in [5.41, 5.74) is 0. The fourth-order valence-electron chi connectivity index (χ4n) is 1.30. The van der Waals surface area contributed by atoms with Gasteiger partial charge in [-0.2, -0.15) is 12.6 Å². The Kier molecular flexibility index (Phi) is 8.72. The van der Waals surface area contributed by atoms with E-state index in [0.29, 0.717) is 0 Å². The number of rotatable bonds is 7. The number of unbranched alkanes of at least 4 members (excludes halogenated alkanes) is 2. The molecule has 0 N–H and O–H groups in total. The SMILES string of the molecule is CCCC[C@H](C)CCCCS. The van der Waals surface area contributed by atoms with Gasteiger partial charge in [-0.1, -0.05) is 46.0 Å². The molecule has 0 fully saturated rings. The third-order valence-corrected chi connectivity index (χ3v) is 2.47. The minimum Gasteiger partial charge on any atom is -0.179 e. The van der Waals surface area contributed by atoms with Crippen molar-refractivity contribution in [3.05, 3.63) is 0 Å². The molecule has 0 rings (SSSR count). The largest absolute Gasteiger partial charge is 0.179 e. The Bertz CT molecular complexity index is 71.3. The molecule has 0 spiro atoms. The molecule has 0 saturated carbocycles. The lowest BCUT2D eigenvalue weighted by atomic mass is 9.98. The maximum Gasteiger partial charge on any atom is -0.00979 e. The summed E-state index contributed by atoms with van der Waals surface area (Å²) >= 11 is 4.19. The van der Waals surface area contributed by atoms with Crippen LogP contribution in [0.5, 0.6) is 0 Å². The molecular weight excluding hydrogens is 152 g/mol. The van der Waals surface area contributed by atoms with E-state index >= 15 is 0 Å². The summed E-state index contributed by atoms with van der Waals surface area (Å²) in [6, 6.07) is 0. The van der Waals surface area contributed by atoms with Gasteiger partial charge in [0.15, 0.2) is 0 Å². The summed E-state index contributed by atoms with van der Waals surface area (Å²) in [5.74, 6) is 2.00. The lowest BCUT2D eigenvalue weighted by molar-refractivity contribution is 0.455. The van der Waals surface area contributed by atoms with Crippen LogP contribution >= 0.6 is 12.6 Å². The van der Waals surface area contributed by atoms with Gasteiger partial charge in [-0.05, 0) is 18.1 Å². The van der Waals surface area contributed by atoms with Gasteiger partial charge in [0, 0.05) is 0 Å². The van der Waals surface area contributed by atoms with Crippen molar-refractivity contribution in [2.45, 2.75) is 52.4 Å². The van der Waals surface area contributed by atoms with Gasteiger partial charge in [0.25, 0.3) is 0 Å². The second kappa shape index (κ2) is 8.45. The molecule has 0 aromatic rings. The maximum absolute atomic E-state index is 4.19. The van der Waals surface area contributed by atoms with Crippen molar-refractivity contribution in [3.8, 4) is 0 Å².